The van der Waals surface area contributed by atoms with Crippen LogP contribution in [0.2, 0.25) is 0 Å². The van der Waals surface area contributed by atoms with Crippen LogP contribution in [0.25, 0.3) is 0 Å². The van der Waals surface area contributed by atoms with Crippen LogP contribution in [0.4, 0.5) is 0 Å². The van der Waals surface area contributed by atoms with E-state index in [0.717, 1.165) is 0 Å². The standard InChI is InChI=1S/C8H13N2O2S2/c1-8(2,3)14(11,12)10-6-7-9-4-5-13-7/h4-6,10H,1-3H3. The first-order chi connectivity index (χ1) is 6.33. The molecule has 1 rings (SSSR count). The van der Waals surface area contributed by atoms with Crippen molar-refractivity contribution in [2.24, 2.45) is 0 Å². The molecule has 0 aliphatic carbocycles. The van der Waals surface area contributed by atoms with E-state index < -0.39 is 14.8 Å². The minimum absolute atomic E-state index is 0.651. The lowest BCUT2D eigenvalue weighted by Crippen LogP contribution is -2.38. The van der Waals surface area contributed by atoms with Gasteiger partial charge in [-0.1, -0.05) is 0 Å². The van der Waals surface area contributed by atoms with Crippen molar-refractivity contribution in [2.45, 2.75) is 25.5 Å². The SMILES string of the molecule is CC(C)(C)S(=O)(=O)N[CH]c1nccs1. The molecule has 0 amide bonds. The Morgan fingerprint density at radius 1 is 1.50 bits per heavy atom. The van der Waals surface area contributed by atoms with Crippen molar-refractivity contribution in [2.75, 3.05) is 0 Å². The van der Waals surface area contributed by atoms with Crippen LogP contribution in [0.3, 0.4) is 0 Å². The predicted molar refractivity (Wildman–Crippen MR) is 57.3 cm³/mol. The molecule has 6 heteroatoms. The van der Waals surface area contributed by atoms with Crippen molar-refractivity contribution in [1.82, 2.24) is 9.71 Å². The summed E-state index contributed by atoms with van der Waals surface area (Å²) in [5.74, 6) is 0. The zero-order valence-corrected chi connectivity index (χ0v) is 9.95. The Hall–Kier alpha value is -0.460. The van der Waals surface area contributed by atoms with E-state index in [4.69, 9.17) is 0 Å². The second-order valence-electron chi connectivity index (χ2n) is 3.75. The molecule has 0 aromatic carbocycles. The maximum atomic E-state index is 11.6. The van der Waals surface area contributed by atoms with E-state index in [9.17, 15) is 8.42 Å². The Kier molecular flexibility index (Phi) is 3.28. The smallest absolute Gasteiger partial charge is 0.217 e. The number of sulfonamides is 1. The summed E-state index contributed by atoms with van der Waals surface area (Å²) in [6, 6.07) is 0. The number of aromatic nitrogens is 1. The van der Waals surface area contributed by atoms with Crippen molar-refractivity contribution < 1.29 is 8.42 Å². The number of nitrogens with one attached hydrogen (secondary N) is 1. The Balaban J connectivity index is 2.63. The lowest BCUT2D eigenvalue weighted by Gasteiger charge is -2.18. The third-order valence-electron chi connectivity index (χ3n) is 1.60. The third-order valence-corrected chi connectivity index (χ3v) is 4.36. The Labute approximate surface area is 88.4 Å². The van der Waals surface area contributed by atoms with Gasteiger partial charge in [-0.25, -0.2) is 18.1 Å². The van der Waals surface area contributed by atoms with Gasteiger partial charge in [0.2, 0.25) is 10.0 Å². The summed E-state index contributed by atoms with van der Waals surface area (Å²) < 4.78 is 24.8. The quantitative estimate of drug-likeness (QED) is 0.857. The molecule has 1 heterocycles. The zero-order chi connectivity index (χ0) is 10.8. The molecule has 1 N–H and O–H groups in total. The first-order valence-electron chi connectivity index (χ1n) is 4.07. The zero-order valence-electron chi connectivity index (χ0n) is 8.31. The Bertz CT molecular complexity index is 376. The molecule has 4 nitrogen and oxygen atoms in total. The van der Waals surface area contributed by atoms with Crippen LogP contribution in [0.5, 0.6) is 0 Å². The van der Waals surface area contributed by atoms with Crippen molar-refractivity contribution in [3.05, 3.63) is 23.1 Å². The van der Waals surface area contributed by atoms with Gasteiger partial charge in [-0.15, -0.1) is 11.3 Å². The van der Waals surface area contributed by atoms with Crippen molar-refractivity contribution in [1.29, 1.82) is 0 Å². The van der Waals surface area contributed by atoms with E-state index in [2.05, 4.69) is 9.71 Å². The van der Waals surface area contributed by atoms with Crippen LogP contribution < -0.4 is 4.72 Å². The summed E-state index contributed by atoms with van der Waals surface area (Å²) in [5, 5.41) is 2.44. The molecule has 79 valence electrons. The fourth-order valence-electron chi connectivity index (χ4n) is 0.611. The fraction of sp³-hybridized carbons (Fsp3) is 0.500. The second kappa shape index (κ2) is 3.96. The molecule has 0 unspecified atom stereocenters. The topological polar surface area (TPSA) is 59.1 Å². The molecule has 0 fully saturated rings. The molecular weight excluding hydrogens is 220 g/mol. The average molecular weight is 233 g/mol. The molecule has 0 bridgehead atoms. The summed E-state index contributed by atoms with van der Waals surface area (Å²) in [6.07, 6.45) is 1.63. The van der Waals surface area contributed by atoms with E-state index in [1.807, 2.05) is 0 Å². The highest BCUT2D eigenvalue weighted by molar-refractivity contribution is 7.90. The predicted octanol–water partition coefficient (Wildman–Crippen LogP) is 1.37. The second-order valence-corrected chi connectivity index (χ2v) is 7.14. The number of thiazole rings is 1. The minimum Gasteiger partial charge on any atom is -0.248 e. The van der Waals surface area contributed by atoms with Gasteiger partial charge in [0.1, 0.15) is 5.01 Å². The first-order valence-corrected chi connectivity index (χ1v) is 6.44. The van der Waals surface area contributed by atoms with Crippen LogP contribution in [0.1, 0.15) is 25.8 Å². The molecule has 0 saturated carbocycles. The monoisotopic (exact) mass is 233 g/mol. The number of nitrogens with zero attached hydrogens (tertiary/aromatic N) is 1. The Morgan fingerprint density at radius 2 is 2.14 bits per heavy atom. The van der Waals surface area contributed by atoms with E-state index in [1.54, 1.807) is 32.3 Å². The molecule has 0 atom stereocenters. The number of hydrogen-bond acceptors (Lipinski definition) is 4. The highest BCUT2D eigenvalue weighted by Gasteiger charge is 2.28. The third kappa shape index (κ3) is 2.76. The minimum atomic E-state index is -3.31. The highest BCUT2D eigenvalue weighted by Crippen LogP contribution is 2.14. The van der Waals surface area contributed by atoms with E-state index in [1.165, 1.54) is 17.9 Å². The lowest BCUT2D eigenvalue weighted by molar-refractivity contribution is 0.552. The molecule has 1 aromatic rings. The largest absolute Gasteiger partial charge is 0.248 e. The van der Waals surface area contributed by atoms with Gasteiger partial charge in [-0.05, 0) is 20.8 Å². The van der Waals surface area contributed by atoms with Crippen molar-refractivity contribution in [3.8, 4) is 0 Å². The summed E-state index contributed by atoms with van der Waals surface area (Å²) >= 11 is 1.38. The summed E-state index contributed by atoms with van der Waals surface area (Å²) in [5.41, 5.74) is 0. The van der Waals surface area contributed by atoms with Gasteiger partial charge in [0, 0.05) is 11.6 Å². The van der Waals surface area contributed by atoms with Gasteiger partial charge in [-0.3, -0.25) is 0 Å². The molecule has 14 heavy (non-hydrogen) atoms. The Morgan fingerprint density at radius 3 is 2.57 bits per heavy atom. The van der Waals surface area contributed by atoms with Gasteiger partial charge in [0.05, 0.1) is 11.3 Å². The van der Waals surface area contributed by atoms with E-state index in [-0.39, 0.29) is 0 Å². The summed E-state index contributed by atoms with van der Waals surface area (Å²) in [7, 11) is -3.31. The number of hydrogen-bond donors (Lipinski definition) is 1. The lowest BCUT2D eigenvalue weighted by atomic mass is 10.3. The highest BCUT2D eigenvalue weighted by atomic mass is 32.2. The van der Waals surface area contributed by atoms with Crippen molar-refractivity contribution in [3.63, 3.8) is 0 Å². The van der Waals surface area contributed by atoms with Gasteiger partial charge in [0.25, 0.3) is 0 Å². The number of rotatable bonds is 3. The molecule has 0 spiro atoms. The van der Waals surface area contributed by atoms with E-state index >= 15 is 0 Å². The van der Waals surface area contributed by atoms with Crippen LogP contribution in [0.15, 0.2) is 11.6 Å². The molecular formula is C8H13N2O2S2. The van der Waals surface area contributed by atoms with Crippen molar-refractivity contribution >= 4 is 21.4 Å². The van der Waals surface area contributed by atoms with Crippen LogP contribution in [-0.2, 0) is 10.0 Å². The molecule has 1 aromatic heterocycles. The van der Waals surface area contributed by atoms with Crippen LogP contribution in [-0.4, -0.2) is 18.1 Å². The van der Waals surface area contributed by atoms with Crippen LogP contribution >= 0.6 is 11.3 Å². The fourth-order valence-corrected chi connectivity index (χ4v) is 1.82. The van der Waals surface area contributed by atoms with Gasteiger partial charge < -0.3 is 0 Å². The van der Waals surface area contributed by atoms with E-state index in [0.29, 0.717) is 5.01 Å². The normalized spacial score (nSPS) is 13.1. The average Bonchev–Trinajstić information content (AvgIpc) is 2.50. The maximum Gasteiger partial charge on any atom is 0.217 e. The molecule has 0 aliphatic rings. The molecule has 1 radical (unpaired) electrons. The summed E-state index contributed by atoms with van der Waals surface area (Å²) in [4.78, 5) is 3.94. The molecule has 0 aliphatic heterocycles. The van der Waals surface area contributed by atoms with Gasteiger partial charge in [-0.2, -0.15) is 0 Å². The molecule has 0 saturated heterocycles. The maximum absolute atomic E-state index is 11.6. The summed E-state index contributed by atoms with van der Waals surface area (Å²) in [6.45, 7) is 6.34. The van der Waals surface area contributed by atoms with Crippen LogP contribution in [0, 0.1) is 6.54 Å². The van der Waals surface area contributed by atoms with Gasteiger partial charge in [0.15, 0.2) is 0 Å². The first kappa shape index (κ1) is 11.6. The van der Waals surface area contributed by atoms with Gasteiger partial charge >= 0.3 is 0 Å².